The Bertz CT molecular complexity index is 678. The van der Waals surface area contributed by atoms with Gasteiger partial charge in [0.15, 0.2) is 5.65 Å². The van der Waals surface area contributed by atoms with Crippen LogP contribution in [0.25, 0.3) is 5.65 Å². The first-order valence-corrected chi connectivity index (χ1v) is 5.83. The van der Waals surface area contributed by atoms with Crippen molar-refractivity contribution >= 4 is 11.5 Å². The molecule has 0 saturated carbocycles. The first-order valence-electron chi connectivity index (χ1n) is 5.83. The molecule has 0 fully saturated rings. The van der Waals surface area contributed by atoms with Gasteiger partial charge in [-0.15, -0.1) is 5.10 Å². The average Bonchev–Trinajstić information content (AvgIpc) is 2.90. The van der Waals surface area contributed by atoms with Crippen LogP contribution in [-0.4, -0.2) is 31.6 Å². The van der Waals surface area contributed by atoms with Gasteiger partial charge in [0.1, 0.15) is 11.6 Å². The lowest BCUT2D eigenvalue weighted by molar-refractivity contribution is 0.627. The number of rotatable bonds is 4. The Morgan fingerprint density at radius 1 is 1.16 bits per heavy atom. The van der Waals surface area contributed by atoms with Crippen LogP contribution >= 0.6 is 0 Å². The number of nitrogens with zero attached hydrogens (tertiary/aromatic N) is 5. The van der Waals surface area contributed by atoms with Gasteiger partial charge < -0.3 is 5.32 Å². The normalized spacial score (nSPS) is 10.8. The maximum absolute atomic E-state index is 12.8. The van der Waals surface area contributed by atoms with E-state index < -0.39 is 0 Å². The lowest BCUT2D eigenvalue weighted by atomic mass is 10.1. The number of tetrazole rings is 1. The molecule has 0 unspecified atom stereocenters. The average molecular weight is 258 g/mol. The van der Waals surface area contributed by atoms with Crippen molar-refractivity contribution in [3.05, 3.63) is 48.0 Å². The van der Waals surface area contributed by atoms with Crippen molar-refractivity contribution in [2.24, 2.45) is 0 Å². The molecular formula is C12H11FN6. The van der Waals surface area contributed by atoms with Crippen LogP contribution in [0.1, 0.15) is 5.56 Å². The summed E-state index contributed by atoms with van der Waals surface area (Å²) in [7, 11) is 0. The molecule has 96 valence electrons. The minimum Gasteiger partial charge on any atom is -0.368 e. The van der Waals surface area contributed by atoms with E-state index in [1.165, 1.54) is 12.1 Å². The van der Waals surface area contributed by atoms with Crippen molar-refractivity contribution in [2.45, 2.75) is 6.42 Å². The first-order chi connectivity index (χ1) is 9.33. The Kier molecular flexibility index (Phi) is 3.01. The lowest BCUT2D eigenvalue weighted by Crippen LogP contribution is -2.09. The minimum atomic E-state index is -0.223. The van der Waals surface area contributed by atoms with Gasteiger partial charge in [-0.3, -0.25) is 4.98 Å². The van der Waals surface area contributed by atoms with Crippen molar-refractivity contribution in [1.82, 2.24) is 25.0 Å². The molecule has 0 radical (unpaired) electrons. The van der Waals surface area contributed by atoms with E-state index in [1.54, 1.807) is 29.0 Å². The van der Waals surface area contributed by atoms with Crippen LogP contribution in [0.5, 0.6) is 0 Å². The van der Waals surface area contributed by atoms with Gasteiger partial charge in [-0.2, -0.15) is 4.52 Å². The Morgan fingerprint density at radius 2 is 2.00 bits per heavy atom. The summed E-state index contributed by atoms with van der Waals surface area (Å²) in [6.45, 7) is 0.687. The van der Waals surface area contributed by atoms with Crippen LogP contribution < -0.4 is 5.32 Å². The van der Waals surface area contributed by atoms with Gasteiger partial charge in [0, 0.05) is 6.54 Å². The molecule has 0 aliphatic rings. The Hall–Kier alpha value is -2.57. The molecule has 6 nitrogen and oxygen atoms in total. The number of nitrogens with one attached hydrogen (secondary N) is 1. The molecule has 0 amide bonds. The second kappa shape index (κ2) is 4.97. The third-order valence-electron chi connectivity index (χ3n) is 2.74. The van der Waals surface area contributed by atoms with Crippen LogP contribution in [0.3, 0.4) is 0 Å². The van der Waals surface area contributed by atoms with Gasteiger partial charge >= 0.3 is 0 Å². The molecule has 2 heterocycles. The van der Waals surface area contributed by atoms with Gasteiger partial charge in [-0.1, -0.05) is 12.1 Å². The van der Waals surface area contributed by atoms with Crippen LogP contribution in [0.4, 0.5) is 10.2 Å². The van der Waals surface area contributed by atoms with E-state index in [-0.39, 0.29) is 5.82 Å². The molecular weight excluding hydrogens is 247 g/mol. The SMILES string of the molecule is Fc1ccc(CCNc2cncc3nnnn23)cc1. The number of anilines is 1. The quantitative estimate of drug-likeness (QED) is 0.764. The standard InChI is InChI=1S/C12H11FN6/c13-10-3-1-9(2-4-10)5-6-15-11-7-14-8-12-16-17-18-19(11)12/h1-4,7-8,15H,5-6H2. The largest absolute Gasteiger partial charge is 0.368 e. The van der Waals surface area contributed by atoms with Crippen molar-refractivity contribution in [1.29, 1.82) is 0 Å². The fraction of sp³-hybridized carbons (Fsp3) is 0.167. The third-order valence-corrected chi connectivity index (χ3v) is 2.74. The number of benzene rings is 1. The summed E-state index contributed by atoms with van der Waals surface area (Å²) in [5.41, 5.74) is 1.65. The molecule has 0 aliphatic carbocycles. The number of hydrogen-bond donors (Lipinski definition) is 1. The lowest BCUT2D eigenvalue weighted by Gasteiger charge is -2.06. The van der Waals surface area contributed by atoms with E-state index in [2.05, 4.69) is 25.8 Å². The molecule has 1 aromatic carbocycles. The maximum atomic E-state index is 12.8. The highest BCUT2D eigenvalue weighted by Crippen LogP contribution is 2.07. The van der Waals surface area contributed by atoms with Crippen molar-refractivity contribution in [3.8, 4) is 0 Å². The highest BCUT2D eigenvalue weighted by Gasteiger charge is 2.03. The van der Waals surface area contributed by atoms with Gasteiger partial charge in [-0.05, 0) is 34.5 Å². The predicted octanol–water partition coefficient (Wildman–Crippen LogP) is 1.31. The van der Waals surface area contributed by atoms with Gasteiger partial charge in [0.25, 0.3) is 0 Å². The summed E-state index contributed by atoms with van der Waals surface area (Å²) < 4.78 is 14.3. The second-order valence-electron chi connectivity index (χ2n) is 4.04. The predicted molar refractivity (Wildman–Crippen MR) is 67.2 cm³/mol. The van der Waals surface area contributed by atoms with Crippen LogP contribution in [0, 0.1) is 5.82 Å². The molecule has 0 bridgehead atoms. The molecule has 3 aromatic rings. The molecule has 2 aromatic heterocycles. The van der Waals surface area contributed by atoms with Gasteiger partial charge in [0.2, 0.25) is 0 Å². The zero-order valence-electron chi connectivity index (χ0n) is 9.99. The summed E-state index contributed by atoms with van der Waals surface area (Å²) in [6, 6.07) is 6.46. The van der Waals surface area contributed by atoms with Crippen molar-refractivity contribution in [3.63, 3.8) is 0 Å². The molecule has 3 rings (SSSR count). The summed E-state index contributed by atoms with van der Waals surface area (Å²) in [5, 5.41) is 14.5. The van der Waals surface area contributed by atoms with Crippen molar-refractivity contribution in [2.75, 3.05) is 11.9 Å². The molecule has 0 aliphatic heterocycles. The monoisotopic (exact) mass is 258 g/mol. The summed E-state index contributed by atoms with van der Waals surface area (Å²) in [5.74, 6) is 0.504. The van der Waals surface area contributed by atoms with Crippen LogP contribution in [0.2, 0.25) is 0 Å². The van der Waals surface area contributed by atoms with E-state index in [4.69, 9.17) is 0 Å². The Labute approximate surface area is 108 Å². The number of halogens is 1. The molecule has 19 heavy (non-hydrogen) atoms. The Balaban J connectivity index is 1.66. The highest BCUT2D eigenvalue weighted by atomic mass is 19.1. The zero-order valence-corrected chi connectivity index (χ0v) is 9.99. The fourth-order valence-electron chi connectivity index (χ4n) is 1.78. The maximum Gasteiger partial charge on any atom is 0.199 e. The number of hydrogen-bond acceptors (Lipinski definition) is 5. The van der Waals surface area contributed by atoms with E-state index in [0.717, 1.165) is 17.8 Å². The molecule has 1 N–H and O–H groups in total. The van der Waals surface area contributed by atoms with Crippen molar-refractivity contribution < 1.29 is 4.39 Å². The van der Waals surface area contributed by atoms with Gasteiger partial charge in [0.05, 0.1) is 12.4 Å². The summed E-state index contributed by atoms with van der Waals surface area (Å²) >= 11 is 0. The number of aromatic nitrogens is 5. The molecule has 0 saturated heterocycles. The third kappa shape index (κ3) is 2.49. The number of fused-ring (bicyclic) bond motifs is 1. The van der Waals surface area contributed by atoms with E-state index in [9.17, 15) is 4.39 Å². The van der Waals surface area contributed by atoms with Gasteiger partial charge in [-0.25, -0.2) is 4.39 Å². The summed E-state index contributed by atoms with van der Waals surface area (Å²) in [4.78, 5) is 4.05. The molecule has 0 spiro atoms. The van der Waals surface area contributed by atoms with E-state index in [1.807, 2.05) is 0 Å². The Morgan fingerprint density at radius 3 is 2.84 bits per heavy atom. The summed E-state index contributed by atoms with van der Waals surface area (Å²) in [6.07, 6.45) is 4.03. The smallest absolute Gasteiger partial charge is 0.199 e. The topological polar surface area (TPSA) is 68.0 Å². The minimum absolute atomic E-state index is 0.223. The highest BCUT2D eigenvalue weighted by molar-refractivity contribution is 5.43. The molecule has 0 atom stereocenters. The van der Waals surface area contributed by atoms with E-state index >= 15 is 0 Å². The van der Waals surface area contributed by atoms with Crippen LogP contribution in [-0.2, 0) is 6.42 Å². The first kappa shape index (κ1) is 11.5. The van der Waals surface area contributed by atoms with Crippen LogP contribution in [0.15, 0.2) is 36.7 Å². The fourth-order valence-corrected chi connectivity index (χ4v) is 1.78. The zero-order chi connectivity index (χ0) is 13.1. The second-order valence-corrected chi connectivity index (χ2v) is 4.04. The molecule has 7 heteroatoms. The van der Waals surface area contributed by atoms with E-state index in [0.29, 0.717) is 12.2 Å².